The molecule has 0 saturated heterocycles. The van der Waals surface area contributed by atoms with Crippen molar-refractivity contribution >= 4 is 29.0 Å². The molecular formula is C16H12Cl2O. The summed E-state index contributed by atoms with van der Waals surface area (Å²) in [6, 6.07) is 11.6. The number of halogens is 2. The summed E-state index contributed by atoms with van der Waals surface area (Å²) in [5.41, 5.74) is 4.00. The number of hydrogen-bond acceptors (Lipinski definition) is 1. The lowest BCUT2D eigenvalue weighted by Gasteiger charge is -2.15. The number of aryl methyl sites for hydroxylation is 1. The molecule has 3 rings (SSSR count). The van der Waals surface area contributed by atoms with E-state index in [-0.39, 0.29) is 5.78 Å². The number of carbonyl (C=O) groups excluding carboxylic acids is 1. The van der Waals surface area contributed by atoms with E-state index in [1.165, 1.54) is 0 Å². The van der Waals surface area contributed by atoms with Gasteiger partial charge >= 0.3 is 0 Å². The minimum absolute atomic E-state index is 0.239. The van der Waals surface area contributed by atoms with Crippen LogP contribution in [0.15, 0.2) is 36.4 Å². The van der Waals surface area contributed by atoms with Crippen molar-refractivity contribution in [2.75, 3.05) is 0 Å². The van der Waals surface area contributed by atoms with Gasteiger partial charge in [-0.3, -0.25) is 4.79 Å². The molecule has 0 heterocycles. The van der Waals surface area contributed by atoms with Crippen molar-refractivity contribution in [3.05, 3.63) is 57.6 Å². The predicted molar refractivity (Wildman–Crippen MR) is 79.2 cm³/mol. The number of benzene rings is 2. The smallest absolute Gasteiger partial charge is 0.163 e. The van der Waals surface area contributed by atoms with Gasteiger partial charge in [0.2, 0.25) is 0 Å². The maximum absolute atomic E-state index is 11.9. The van der Waals surface area contributed by atoms with E-state index in [0.717, 1.165) is 35.1 Å². The van der Waals surface area contributed by atoms with Crippen LogP contribution in [0.4, 0.5) is 0 Å². The molecule has 0 unspecified atom stereocenters. The molecule has 0 spiro atoms. The molecule has 1 nitrogen and oxygen atoms in total. The summed E-state index contributed by atoms with van der Waals surface area (Å²) < 4.78 is 0. The second-order valence-corrected chi connectivity index (χ2v) is 5.59. The number of rotatable bonds is 1. The molecular weight excluding hydrogens is 279 g/mol. The normalized spacial score (nSPS) is 14.3. The molecule has 2 aromatic rings. The largest absolute Gasteiger partial charge is 0.294 e. The average Bonchev–Trinajstić information content (AvgIpc) is 2.42. The molecule has 1 aliphatic carbocycles. The molecule has 1 aliphatic rings. The highest BCUT2D eigenvalue weighted by molar-refractivity contribution is 6.42. The topological polar surface area (TPSA) is 17.1 Å². The third-order valence-electron chi connectivity index (χ3n) is 3.51. The summed E-state index contributed by atoms with van der Waals surface area (Å²) in [5.74, 6) is 0.239. The lowest BCUT2D eigenvalue weighted by atomic mass is 9.88. The maximum Gasteiger partial charge on any atom is 0.163 e. The Morgan fingerprint density at radius 1 is 0.842 bits per heavy atom. The summed E-state index contributed by atoms with van der Waals surface area (Å²) in [7, 11) is 0. The van der Waals surface area contributed by atoms with Crippen LogP contribution in [0.1, 0.15) is 28.8 Å². The zero-order valence-electron chi connectivity index (χ0n) is 10.2. The maximum atomic E-state index is 11.9. The van der Waals surface area contributed by atoms with Crippen LogP contribution < -0.4 is 0 Å². The van der Waals surface area contributed by atoms with Crippen molar-refractivity contribution in [1.82, 2.24) is 0 Å². The van der Waals surface area contributed by atoms with Crippen LogP contribution in [0.3, 0.4) is 0 Å². The van der Waals surface area contributed by atoms with Gasteiger partial charge in [-0.2, -0.15) is 0 Å². The molecule has 2 aromatic carbocycles. The van der Waals surface area contributed by atoms with Gasteiger partial charge in [0.1, 0.15) is 0 Å². The molecule has 0 N–H and O–H groups in total. The van der Waals surface area contributed by atoms with Crippen molar-refractivity contribution < 1.29 is 4.79 Å². The Kier molecular flexibility index (Phi) is 3.34. The molecule has 19 heavy (non-hydrogen) atoms. The minimum Gasteiger partial charge on any atom is -0.294 e. The van der Waals surface area contributed by atoms with Gasteiger partial charge < -0.3 is 0 Å². The van der Waals surface area contributed by atoms with Crippen LogP contribution in [0, 0.1) is 0 Å². The van der Waals surface area contributed by atoms with E-state index >= 15 is 0 Å². The van der Waals surface area contributed by atoms with Crippen LogP contribution in [0.5, 0.6) is 0 Å². The van der Waals surface area contributed by atoms with Crippen LogP contribution in [-0.2, 0) is 6.42 Å². The third kappa shape index (κ3) is 2.41. The van der Waals surface area contributed by atoms with Crippen molar-refractivity contribution in [1.29, 1.82) is 0 Å². The Morgan fingerprint density at radius 3 is 2.37 bits per heavy atom. The summed E-state index contributed by atoms with van der Waals surface area (Å²) in [6.07, 6.45) is 2.60. The Labute approximate surface area is 122 Å². The van der Waals surface area contributed by atoms with Gasteiger partial charge in [0.15, 0.2) is 5.78 Å². The third-order valence-corrected chi connectivity index (χ3v) is 4.25. The summed E-state index contributed by atoms with van der Waals surface area (Å²) in [6.45, 7) is 0. The Balaban J connectivity index is 2.08. The average molecular weight is 291 g/mol. The van der Waals surface area contributed by atoms with E-state index in [2.05, 4.69) is 0 Å². The first-order chi connectivity index (χ1) is 9.15. The lowest BCUT2D eigenvalue weighted by molar-refractivity contribution is 0.0972. The number of Topliss-reactive ketones (excluding diaryl/α,β-unsaturated/α-hetero) is 1. The number of fused-ring (bicyclic) bond motifs is 1. The number of ketones is 1. The summed E-state index contributed by atoms with van der Waals surface area (Å²) in [5, 5.41) is 1.07. The van der Waals surface area contributed by atoms with E-state index in [1.807, 2.05) is 30.3 Å². The van der Waals surface area contributed by atoms with E-state index in [1.54, 1.807) is 6.07 Å². The van der Waals surface area contributed by atoms with Crippen molar-refractivity contribution in [3.8, 4) is 11.1 Å². The molecule has 0 aliphatic heterocycles. The highest BCUT2D eigenvalue weighted by Gasteiger charge is 2.17. The fourth-order valence-corrected chi connectivity index (χ4v) is 2.78. The predicted octanol–water partition coefficient (Wildman–Crippen LogP) is 5.18. The highest BCUT2D eigenvalue weighted by atomic mass is 35.5. The van der Waals surface area contributed by atoms with E-state index in [4.69, 9.17) is 23.2 Å². The van der Waals surface area contributed by atoms with E-state index in [0.29, 0.717) is 16.5 Å². The zero-order chi connectivity index (χ0) is 13.4. The van der Waals surface area contributed by atoms with Crippen LogP contribution in [-0.4, -0.2) is 5.78 Å². The fourth-order valence-electron chi connectivity index (χ4n) is 2.48. The van der Waals surface area contributed by atoms with Crippen molar-refractivity contribution in [2.24, 2.45) is 0 Å². The molecule has 0 fully saturated rings. The van der Waals surface area contributed by atoms with E-state index < -0.39 is 0 Å². The van der Waals surface area contributed by atoms with Gasteiger partial charge in [0, 0.05) is 12.0 Å². The first-order valence-electron chi connectivity index (χ1n) is 6.27. The molecule has 0 atom stereocenters. The van der Waals surface area contributed by atoms with Crippen LogP contribution in [0.25, 0.3) is 11.1 Å². The van der Waals surface area contributed by atoms with Gasteiger partial charge in [-0.15, -0.1) is 0 Å². The molecule has 0 aromatic heterocycles. The van der Waals surface area contributed by atoms with Gasteiger partial charge in [-0.25, -0.2) is 0 Å². The van der Waals surface area contributed by atoms with Crippen LogP contribution >= 0.6 is 23.2 Å². The molecule has 0 saturated carbocycles. The second kappa shape index (κ2) is 4.99. The number of carbonyl (C=O) groups is 1. The van der Waals surface area contributed by atoms with E-state index in [9.17, 15) is 4.79 Å². The molecule has 96 valence electrons. The zero-order valence-corrected chi connectivity index (χ0v) is 11.8. The van der Waals surface area contributed by atoms with Gasteiger partial charge in [-0.1, -0.05) is 41.4 Å². The molecule has 0 radical (unpaired) electrons. The molecule has 3 heteroatoms. The highest BCUT2D eigenvalue weighted by Crippen LogP contribution is 2.31. The van der Waals surface area contributed by atoms with Gasteiger partial charge in [0.05, 0.1) is 10.0 Å². The Hall–Kier alpha value is -1.31. The van der Waals surface area contributed by atoms with Crippen molar-refractivity contribution in [3.63, 3.8) is 0 Å². The summed E-state index contributed by atoms with van der Waals surface area (Å²) >= 11 is 12.0. The van der Waals surface area contributed by atoms with Crippen LogP contribution in [0.2, 0.25) is 10.0 Å². The molecule has 0 amide bonds. The van der Waals surface area contributed by atoms with Gasteiger partial charge in [-0.05, 0) is 47.7 Å². The monoisotopic (exact) mass is 290 g/mol. The quantitative estimate of drug-likeness (QED) is 0.707. The fraction of sp³-hybridized carbons (Fsp3) is 0.188. The van der Waals surface area contributed by atoms with Crippen molar-refractivity contribution in [2.45, 2.75) is 19.3 Å². The molecule has 0 bridgehead atoms. The Morgan fingerprint density at radius 2 is 1.58 bits per heavy atom. The Bertz CT molecular complexity index is 662. The minimum atomic E-state index is 0.239. The SMILES string of the molecule is O=C1CCCc2ccc(-c3ccc(Cl)c(Cl)c3)cc21. The lowest BCUT2D eigenvalue weighted by Crippen LogP contribution is -2.10. The first kappa shape index (κ1) is 12.7. The second-order valence-electron chi connectivity index (χ2n) is 4.78. The standard InChI is InChI=1S/C16H12Cl2O/c17-14-7-6-12(9-15(14)18)11-5-4-10-2-1-3-16(19)13(10)8-11/h4-9H,1-3H2. The first-order valence-corrected chi connectivity index (χ1v) is 7.02. The summed E-state index contributed by atoms with van der Waals surface area (Å²) in [4.78, 5) is 11.9. The number of hydrogen-bond donors (Lipinski definition) is 0. The van der Waals surface area contributed by atoms with Gasteiger partial charge in [0.25, 0.3) is 0 Å².